The molecular weight excluding hydrogens is 404 g/mol. The van der Waals surface area contributed by atoms with Crippen molar-refractivity contribution in [2.45, 2.75) is 17.1 Å². The number of hydrogen-bond acceptors (Lipinski definition) is 3. The van der Waals surface area contributed by atoms with Gasteiger partial charge >= 0.3 is 0 Å². The molecule has 4 aromatic carbocycles. The van der Waals surface area contributed by atoms with Crippen LogP contribution in [0.25, 0.3) is 10.8 Å². The number of thioether (sulfide) groups is 1. The van der Waals surface area contributed by atoms with Crippen molar-refractivity contribution < 1.29 is 9.59 Å². The summed E-state index contributed by atoms with van der Waals surface area (Å²) in [6.07, 6.45) is 0. The summed E-state index contributed by atoms with van der Waals surface area (Å²) in [6, 6.07) is 31.2. The van der Waals surface area contributed by atoms with Gasteiger partial charge in [0, 0.05) is 28.6 Å². The fourth-order valence-electron chi connectivity index (χ4n) is 3.39. The summed E-state index contributed by atoms with van der Waals surface area (Å²) >= 11 is 1.48. The van der Waals surface area contributed by atoms with Crippen LogP contribution in [0.1, 0.15) is 17.7 Å². The van der Waals surface area contributed by atoms with E-state index in [9.17, 15) is 9.59 Å². The van der Waals surface area contributed by atoms with E-state index >= 15 is 0 Å². The van der Waals surface area contributed by atoms with Crippen LogP contribution in [0.3, 0.4) is 0 Å². The maximum Gasteiger partial charge on any atom is 0.242 e. The van der Waals surface area contributed by atoms with Crippen LogP contribution in [0.15, 0.2) is 102 Å². The number of amides is 2. The quantitative estimate of drug-likeness (QED) is 0.357. The second kappa shape index (κ2) is 9.49. The molecule has 4 nitrogen and oxygen atoms in total. The first-order chi connectivity index (χ1) is 15.1. The zero-order chi connectivity index (χ0) is 21.6. The maximum absolute atomic E-state index is 13.4. The molecule has 0 heterocycles. The molecule has 0 aliphatic carbocycles. The van der Waals surface area contributed by atoms with Gasteiger partial charge in [-0.3, -0.25) is 9.59 Å². The highest BCUT2D eigenvalue weighted by atomic mass is 32.2. The number of benzene rings is 4. The van der Waals surface area contributed by atoms with Crippen LogP contribution in [-0.2, 0) is 9.59 Å². The van der Waals surface area contributed by atoms with Crippen LogP contribution in [0.4, 0.5) is 11.4 Å². The van der Waals surface area contributed by atoms with E-state index in [2.05, 4.69) is 10.6 Å². The molecule has 2 amide bonds. The summed E-state index contributed by atoms with van der Waals surface area (Å²) in [4.78, 5) is 25.6. The third-order valence-corrected chi connectivity index (χ3v) is 6.08. The molecule has 2 N–H and O–H groups in total. The fraction of sp³-hybridized carbons (Fsp3) is 0.0769. The van der Waals surface area contributed by atoms with Gasteiger partial charge in [-0.2, -0.15) is 0 Å². The van der Waals surface area contributed by atoms with Gasteiger partial charge < -0.3 is 10.6 Å². The van der Waals surface area contributed by atoms with Gasteiger partial charge in [0.25, 0.3) is 0 Å². The number of hydrogen-bond donors (Lipinski definition) is 2. The third-order valence-electron chi connectivity index (χ3n) is 4.82. The summed E-state index contributed by atoms with van der Waals surface area (Å²) in [5, 5.41) is 7.55. The summed E-state index contributed by atoms with van der Waals surface area (Å²) < 4.78 is 0. The van der Waals surface area contributed by atoms with E-state index in [-0.39, 0.29) is 11.8 Å². The van der Waals surface area contributed by atoms with Gasteiger partial charge in [0.15, 0.2) is 0 Å². The third kappa shape index (κ3) is 5.13. The largest absolute Gasteiger partial charge is 0.326 e. The summed E-state index contributed by atoms with van der Waals surface area (Å²) in [5.41, 5.74) is 2.45. The first kappa shape index (κ1) is 20.7. The summed E-state index contributed by atoms with van der Waals surface area (Å²) in [7, 11) is 0. The highest BCUT2D eigenvalue weighted by Gasteiger charge is 2.22. The molecule has 1 unspecified atom stereocenters. The van der Waals surface area contributed by atoms with Crippen LogP contribution in [-0.4, -0.2) is 11.8 Å². The predicted molar refractivity (Wildman–Crippen MR) is 128 cm³/mol. The first-order valence-corrected chi connectivity index (χ1v) is 10.9. The SMILES string of the molecule is CC(=O)Nc1ccc(SC(C(=O)Nc2cccc3ccccc23)c2ccccc2)cc1. The molecule has 154 valence electrons. The Hall–Kier alpha value is -3.57. The number of carbonyl (C=O) groups excluding carboxylic acids is 2. The number of nitrogens with one attached hydrogen (secondary N) is 2. The highest BCUT2D eigenvalue weighted by Crippen LogP contribution is 2.37. The van der Waals surface area contributed by atoms with Gasteiger partial charge in [-0.1, -0.05) is 66.7 Å². The van der Waals surface area contributed by atoms with Crippen molar-refractivity contribution in [3.05, 3.63) is 103 Å². The molecule has 31 heavy (non-hydrogen) atoms. The number of fused-ring (bicyclic) bond motifs is 1. The molecule has 0 aliphatic rings. The molecule has 0 bridgehead atoms. The van der Waals surface area contributed by atoms with Crippen molar-refractivity contribution in [3.8, 4) is 0 Å². The lowest BCUT2D eigenvalue weighted by Gasteiger charge is -2.18. The fourth-order valence-corrected chi connectivity index (χ4v) is 4.41. The van der Waals surface area contributed by atoms with E-state index in [1.54, 1.807) is 0 Å². The lowest BCUT2D eigenvalue weighted by molar-refractivity contribution is -0.116. The average Bonchev–Trinajstić information content (AvgIpc) is 2.79. The van der Waals surface area contributed by atoms with Crippen LogP contribution >= 0.6 is 11.8 Å². The predicted octanol–water partition coefficient (Wildman–Crippen LogP) is 6.27. The van der Waals surface area contributed by atoms with Crippen molar-refractivity contribution >= 4 is 45.7 Å². The van der Waals surface area contributed by atoms with Gasteiger partial charge in [0.1, 0.15) is 5.25 Å². The van der Waals surface area contributed by atoms with E-state index in [4.69, 9.17) is 0 Å². The molecule has 4 aromatic rings. The van der Waals surface area contributed by atoms with Crippen molar-refractivity contribution in [1.29, 1.82) is 0 Å². The smallest absolute Gasteiger partial charge is 0.242 e. The van der Waals surface area contributed by atoms with Gasteiger partial charge in [0.05, 0.1) is 0 Å². The monoisotopic (exact) mass is 426 g/mol. The lowest BCUT2D eigenvalue weighted by Crippen LogP contribution is -2.19. The molecule has 5 heteroatoms. The van der Waals surface area contributed by atoms with Crippen LogP contribution < -0.4 is 10.6 Å². The van der Waals surface area contributed by atoms with Crippen molar-refractivity contribution in [3.63, 3.8) is 0 Å². The Bertz CT molecular complexity index is 1200. The lowest BCUT2D eigenvalue weighted by atomic mass is 10.1. The Labute approximate surface area is 185 Å². The first-order valence-electron chi connectivity index (χ1n) is 9.98. The summed E-state index contributed by atoms with van der Waals surface area (Å²) in [6.45, 7) is 1.48. The van der Waals surface area contributed by atoms with Gasteiger partial charge in [-0.15, -0.1) is 11.8 Å². The van der Waals surface area contributed by atoms with Gasteiger partial charge in [0.2, 0.25) is 11.8 Å². The Kier molecular flexibility index (Phi) is 6.34. The van der Waals surface area contributed by atoms with E-state index in [1.807, 2.05) is 97.1 Å². The average molecular weight is 427 g/mol. The number of anilines is 2. The zero-order valence-corrected chi connectivity index (χ0v) is 17.9. The maximum atomic E-state index is 13.4. The Balaban J connectivity index is 1.60. The van der Waals surface area contributed by atoms with Crippen molar-refractivity contribution in [2.24, 2.45) is 0 Å². The molecular formula is C26H22N2O2S. The minimum absolute atomic E-state index is 0.0847. The molecule has 0 fully saturated rings. The molecule has 1 atom stereocenters. The Morgan fingerprint density at radius 1 is 0.742 bits per heavy atom. The topological polar surface area (TPSA) is 58.2 Å². The molecule has 0 radical (unpaired) electrons. The second-order valence-corrected chi connectivity index (χ2v) is 8.31. The molecule has 0 spiro atoms. The summed E-state index contributed by atoms with van der Waals surface area (Å²) in [5.74, 6) is -0.199. The minimum Gasteiger partial charge on any atom is -0.326 e. The molecule has 0 aromatic heterocycles. The van der Waals surface area contributed by atoms with E-state index in [0.29, 0.717) is 0 Å². The van der Waals surface area contributed by atoms with Crippen molar-refractivity contribution in [2.75, 3.05) is 10.6 Å². The molecule has 4 rings (SSSR count). The molecule has 0 saturated heterocycles. The second-order valence-electron chi connectivity index (χ2n) is 7.13. The van der Waals surface area contributed by atoms with Crippen LogP contribution in [0.5, 0.6) is 0 Å². The highest BCUT2D eigenvalue weighted by molar-refractivity contribution is 8.00. The molecule has 0 aliphatic heterocycles. The Morgan fingerprint density at radius 3 is 2.16 bits per heavy atom. The normalized spacial score (nSPS) is 11.6. The van der Waals surface area contributed by atoms with Crippen LogP contribution in [0, 0.1) is 0 Å². The minimum atomic E-state index is -0.424. The van der Waals surface area contributed by atoms with Crippen molar-refractivity contribution in [1.82, 2.24) is 0 Å². The molecule has 0 saturated carbocycles. The Morgan fingerprint density at radius 2 is 1.42 bits per heavy atom. The van der Waals surface area contributed by atoms with E-state index in [0.717, 1.165) is 32.6 Å². The zero-order valence-electron chi connectivity index (χ0n) is 17.0. The number of carbonyl (C=O) groups is 2. The standard InChI is InChI=1S/C26H22N2O2S/c1-18(29)27-21-14-16-22(17-15-21)31-25(20-9-3-2-4-10-20)26(30)28-24-13-7-11-19-8-5-6-12-23(19)24/h2-17,25H,1H3,(H,27,29)(H,28,30). The van der Waals surface area contributed by atoms with Gasteiger partial charge in [-0.05, 0) is 41.3 Å². The number of rotatable bonds is 6. The van der Waals surface area contributed by atoms with Gasteiger partial charge in [-0.25, -0.2) is 0 Å². The van der Waals surface area contributed by atoms with E-state index in [1.165, 1.54) is 18.7 Å². The van der Waals surface area contributed by atoms with E-state index < -0.39 is 5.25 Å². The van der Waals surface area contributed by atoms with Crippen LogP contribution in [0.2, 0.25) is 0 Å².